The summed E-state index contributed by atoms with van der Waals surface area (Å²) in [5.74, 6) is -0.484. The molecule has 2 aliphatic heterocycles. The highest BCUT2D eigenvalue weighted by atomic mass is 31.2. The van der Waals surface area contributed by atoms with Crippen molar-refractivity contribution in [2.75, 3.05) is 18.6 Å². The first-order chi connectivity index (χ1) is 9.18. The van der Waals surface area contributed by atoms with E-state index in [1.807, 2.05) is 0 Å². The van der Waals surface area contributed by atoms with Gasteiger partial charge in [0.15, 0.2) is 0 Å². The first kappa shape index (κ1) is 12.6. The third-order valence-electron chi connectivity index (χ3n) is 2.60. The number of hydrogen-bond donors (Lipinski definition) is 2. The predicted octanol–water partition coefficient (Wildman–Crippen LogP) is 1.45. The van der Waals surface area contributed by atoms with E-state index in [1.54, 1.807) is 24.3 Å². The van der Waals surface area contributed by atoms with Crippen molar-refractivity contribution in [2.24, 2.45) is 0 Å². The normalized spacial score (nSPS) is 21.7. The molecule has 102 valence electrons. The van der Waals surface area contributed by atoms with Crippen molar-refractivity contribution in [1.82, 2.24) is 10.7 Å². The van der Waals surface area contributed by atoms with Gasteiger partial charge in [-0.25, -0.2) is 4.57 Å². The average Bonchev–Trinajstić information content (AvgIpc) is 2.43. The van der Waals surface area contributed by atoms with Gasteiger partial charge in [0.2, 0.25) is 0 Å². The van der Waals surface area contributed by atoms with E-state index >= 15 is 0 Å². The smallest absolute Gasteiger partial charge is 0.301 e. The Labute approximate surface area is 109 Å². The fourth-order valence-corrected chi connectivity index (χ4v) is 2.89. The molecule has 2 N–H and O–H groups in total. The molecular weight excluding hydrogens is 273 g/mol. The summed E-state index contributed by atoms with van der Waals surface area (Å²) in [4.78, 5) is 12.1. The Kier molecular flexibility index (Phi) is 3.26. The maximum absolute atomic E-state index is 12.1. The minimum Gasteiger partial charge on any atom is -0.301 e. The number of nitrogens with one attached hydrogen (secondary N) is 2. The SMILES string of the molecule is O=C1c2ccccc2NNN1OP1(=O)OCCCO1. The minimum atomic E-state index is -3.73. The maximum Gasteiger partial charge on any atom is 0.497 e. The lowest BCUT2D eigenvalue weighted by Crippen LogP contribution is -2.49. The topological polar surface area (TPSA) is 89.1 Å². The standard InChI is InChI=1S/C10H12N3O5P/c14-10-8-4-1-2-5-9(8)11-12-13(10)18-19(15)16-6-3-7-17-19/h1-2,4-5,11-12H,3,6-7H2. The Morgan fingerprint density at radius 1 is 1.26 bits per heavy atom. The number of fused-ring (bicyclic) bond motifs is 1. The van der Waals surface area contributed by atoms with Crippen molar-refractivity contribution in [1.29, 1.82) is 0 Å². The van der Waals surface area contributed by atoms with Crippen LogP contribution in [0.4, 0.5) is 5.69 Å². The van der Waals surface area contributed by atoms with Crippen LogP contribution in [-0.4, -0.2) is 24.3 Å². The van der Waals surface area contributed by atoms with E-state index in [9.17, 15) is 9.36 Å². The third kappa shape index (κ3) is 2.49. The molecule has 19 heavy (non-hydrogen) atoms. The number of nitrogens with zero attached hydrogens (tertiary/aromatic N) is 1. The van der Waals surface area contributed by atoms with Crippen LogP contribution in [0.1, 0.15) is 16.8 Å². The number of phosphoric acid groups is 1. The van der Waals surface area contributed by atoms with Crippen molar-refractivity contribution < 1.29 is 23.0 Å². The number of hydroxylamine groups is 1. The molecule has 8 nitrogen and oxygen atoms in total. The van der Waals surface area contributed by atoms with Gasteiger partial charge in [0, 0.05) is 0 Å². The second-order valence-corrected chi connectivity index (χ2v) is 5.50. The molecule has 0 spiro atoms. The van der Waals surface area contributed by atoms with Gasteiger partial charge in [-0.3, -0.25) is 13.8 Å². The molecule has 1 aromatic rings. The van der Waals surface area contributed by atoms with E-state index in [-0.39, 0.29) is 13.2 Å². The lowest BCUT2D eigenvalue weighted by atomic mass is 10.1. The Morgan fingerprint density at radius 2 is 2.00 bits per heavy atom. The molecule has 0 radical (unpaired) electrons. The largest absolute Gasteiger partial charge is 0.497 e. The molecule has 1 aromatic carbocycles. The molecule has 0 aromatic heterocycles. The first-order valence-corrected chi connectivity index (χ1v) is 7.18. The zero-order chi connectivity index (χ0) is 13.3. The molecule has 3 rings (SSSR count). The second kappa shape index (κ2) is 4.92. The lowest BCUT2D eigenvalue weighted by molar-refractivity contribution is -0.100. The number of hydrogen-bond acceptors (Lipinski definition) is 7. The quantitative estimate of drug-likeness (QED) is 0.795. The summed E-state index contributed by atoms with van der Waals surface area (Å²) in [5.41, 5.74) is 6.23. The molecule has 0 saturated carbocycles. The van der Waals surface area contributed by atoms with E-state index in [2.05, 4.69) is 11.0 Å². The summed E-state index contributed by atoms with van der Waals surface area (Å²) in [7, 11) is -3.73. The molecule has 9 heteroatoms. The third-order valence-corrected chi connectivity index (χ3v) is 3.96. The zero-order valence-corrected chi connectivity index (χ0v) is 10.8. The number of anilines is 1. The number of hydrazine groups is 2. The van der Waals surface area contributed by atoms with E-state index in [4.69, 9.17) is 13.7 Å². The fourth-order valence-electron chi connectivity index (χ4n) is 1.70. The van der Waals surface area contributed by atoms with E-state index in [0.29, 0.717) is 22.8 Å². The number of carbonyl (C=O) groups excluding carboxylic acids is 1. The van der Waals surface area contributed by atoms with Crippen molar-refractivity contribution in [2.45, 2.75) is 6.42 Å². The van der Waals surface area contributed by atoms with Gasteiger partial charge in [0.25, 0.3) is 5.91 Å². The monoisotopic (exact) mass is 285 g/mol. The van der Waals surface area contributed by atoms with Crippen LogP contribution in [-0.2, 0) is 18.2 Å². The number of amides is 1. The van der Waals surface area contributed by atoms with Gasteiger partial charge in [-0.05, 0) is 18.6 Å². The molecule has 1 fully saturated rings. The summed E-state index contributed by atoms with van der Waals surface area (Å²) < 4.78 is 26.9. The van der Waals surface area contributed by atoms with E-state index in [1.165, 1.54) is 0 Å². The highest BCUT2D eigenvalue weighted by molar-refractivity contribution is 7.48. The fraction of sp³-hybridized carbons (Fsp3) is 0.300. The van der Waals surface area contributed by atoms with Crippen LogP contribution in [0, 0.1) is 0 Å². The number of carbonyl (C=O) groups is 1. The summed E-state index contributed by atoms with van der Waals surface area (Å²) in [6, 6.07) is 6.86. The molecule has 2 aliphatic rings. The molecule has 0 aliphatic carbocycles. The summed E-state index contributed by atoms with van der Waals surface area (Å²) in [6.07, 6.45) is 0.635. The molecule has 0 unspecified atom stereocenters. The van der Waals surface area contributed by atoms with Crippen LogP contribution in [0.3, 0.4) is 0 Å². The predicted molar refractivity (Wildman–Crippen MR) is 64.6 cm³/mol. The summed E-state index contributed by atoms with van der Waals surface area (Å²) in [5, 5.41) is 0.717. The van der Waals surface area contributed by atoms with Crippen LogP contribution in [0.25, 0.3) is 0 Å². The molecule has 1 saturated heterocycles. The van der Waals surface area contributed by atoms with Gasteiger partial charge in [0.1, 0.15) is 0 Å². The summed E-state index contributed by atoms with van der Waals surface area (Å²) >= 11 is 0. The number of phosphoric ester groups is 1. The van der Waals surface area contributed by atoms with E-state index in [0.717, 1.165) is 0 Å². The van der Waals surface area contributed by atoms with Gasteiger partial charge in [-0.1, -0.05) is 12.1 Å². The zero-order valence-electron chi connectivity index (χ0n) is 9.87. The molecule has 1 amide bonds. The Bertz CT molecular complexity index is 542. The van der Waals surface area contributed by atoms with Gasteiger partial charge < -0.3 is 5.43 Å². The lowest BCUT2D eigenvalue weighted by Gasteiger charge is -2.31. The molecule has 2 heterocycles. The Morgan fingerprint density at radius 3 is 2.79 bits per heavy atom. The van der Waals surface area contributed by atoms with Crippen LogP contribution >= 0.6 is 7.82 Å². The van der Waals surface area contributed by atoms with Crippen LogP contribution in [0.5, 0.6) is 0 Å². The highest BCUT2D eigenvalue weighted by Gasteiger charge is 2.37. The van der Waals surface area contributed by atoms with Gasteiger partial charge in [-0.15, -0.1) is 15.3 Å². The van der Waals surface area contributed by atoms with Gasteiger partial charge >= 0.3 is 7.82 Å². The number of para-hydroxylation sites is 1. The van der Waals surface area contributed by atoms with Crippen LogP contribution in [0.15, 0.2) is 24.3 Å². The number of benzene rings is 1. The highest BCUT2D eigenvalue weighted by Crippen LogP contribution is 2.52. The van der Waals surface area contributed by atoms with Gasteiger partial charge in [-0.2, -0.15) is 0 Å². The Balaban J connectivity index is 1.77. The van der Waals surface area contributed by atoms with Crippen molar-refractivity contribution in [3.8, 4) is 0 Å². The Hall–Kier alpha value is -1.44. The van der Waals surface area contributed by atoms with Crippen LogP contribution in [0.2, 0.25) is 0 Å². The average molecular weight is 285 g/mol. The van der Waals surface area contributed by atoms with Crippen LogP contribution < -0.4 is 11.0 Å². The van der Waals surface area contributed by atoms with Crippen molar-refractivity contribution in [3.63, 3.8) is 0 Å². The van der Waals surface area contributed by atoms with Gasteiger partial charge in [0.05, 0.1) is 24.5 Å². The minimum absolute atomic E-state index is 0.267. The first-order valence-electron chi connectivity index (χ1n) is 5.72. The van der Waals surface area contributed by atoms with E-state index < -0.39 is 13.7 Å². The molecule has 0 bridgehead atoms. The van der Waals surface area contributed by atoms with Crippen molar-refractivity contribution >= 4 is 19.4 Å². The molecular formula is C10H12N3O5P. The second-order valence-electron chi connectivity index (χ2n) is 3.93. The number of rotatable bonds is 2. The summed E-state index contributed by atoms with van der Waals surface area (Å²) in [6.45, 7) is 0.534. The molecule has 0 atom stereocenters. The maximum atomic E-state index is 12.1. The van der Waals surface area contributed by atoms with Crippen molar-refractivity contribution in [3.05, 3.63) is 29.8 Å².